The minimum Gasteiger partial charge on any atom is -0.458 e. The first kappa shape index (κ1) is 23.0. The molecule has 2 unspecified atom stereocenters. The highest BCUT2D eigenvalue weighted by atomic mass is 16.6. The number of hydrogen-bond donors (Lipinski definition) is 0. The van der Waals surface area contributed by atoms with Crippen LogP contribution in [0.3, 0.4) is 0 Å². The van der Waals surface area contributed by atoms with Crippen molar-refractivity contribution < 1.29 is 19.1 Å². The summed E-state index contributed by atoms with van der Waals surface area (Å²) in [6, 6.07) is 0. The SMILES string of the molecule is CCCCCCCC(=O)OC1CCCCC1OC(=O)CCCCCCC. The number of unbranched alkanes of at least 4 members (excludes halogenated alkanes) is 8. The first-order valence-corrected chi connectivity index (χ1v) is 11.1. The van der Waals surface area contributed by atoms with Crippen molar-refractivity contribution in [3.63, 3.8) is 0 Å². The zero-order chi connectivity index (χ0) is 19.0. The second kappa shape index (κ2) is 15.0. The summed E-state index contributed by atoms with van der Waals surface area (Å²) in [6.45, 7) is 4.37. The van der Waals surface area contributed by atoms with Crippen LogP contribution in [0, 0.1) is 0 Å². The molecule has 1 saturated carbocycles. The van der Waals surface area contributed by atoms with Gasteiger partial charge in [0.1, 0.15) is 12.2 Å². The highest BCUT2D eigenvalue weighted by molar-refractivity contribution is 5.70. The Morgan fingerprint density at radius 2 is 1.04 bits per heavy atom. The molecule has 0 saturated heterocycles. The van der Waals surface area contributed by atoms with E-state index in [1.165, 1.54) is 38.5 Å². The fraction of sp³-hybridized carbons (Fsp3) is 0.909. The van der Waals surface area contributed by atoms with Gasteiger partial charge in [-0.15, -0.1) is 0 Å². The maximum atomic E-state index is 12.1. The molecule has 1 fully saturated rings. The summed E-state index contributed by atoms with van der Waals surface area (Å²) in [5, 5.41) is 0. The van der Waals surface area contributed by atoms with E-state index in [4.69, 9.17) is 9.47 Å². The quantitative estimate of drug-likeness (QED) is 0.274. The molecule has 1 rings (SSSR count). The lowest BCUT2D eigenvalue weighted by molar-refractivity contribution is -0.171. The van der Waals surface area contributed by atoms with Crippen molar-refractivity contribution in [3.8, 4) is 0 Å². The van der Waals surface area contributed by atoms with Gasteiger partial charge in [-0.2, -0.15) is 0 Å². The smallest absolute Gasteiger partial charge is 0.306 e. The third kappa shape index (κ3) is 10.8. The molecule has 0 aliphatic heterocycles. The molecule has 26 heavy (non-hydrogen) atoms. The molecule has 4 heteroatoms. The van der Waals surface area contributed by atoms with Crippen LogP contribution in [0.2, 0.25) is 0 Å². The van der Waals surface area contributed by atoms with Gasteiger partial charge >= 0.3 is 11.9 Å². The summed E-state index contributed by atoms with van der Waals surface area (Å²) < 4.78 is 11.3. The lowest BCUT2D eigenvalue weighted by atomic mass is 9.94. The molecule has 0 bridgehead atoms. The van der Waals surface area contributed by atoms with Crippen LogP contribution in [0.4, 0.5) is 0 Å². The van der Waals surface area contributed by atoms with Gasteiger partial charge in [0.2, 0.25) is 0 Å². The maximum Gasteiger partial charge on any atom is 0.306 e. The van der Waals surface area contributed by atoms with E-state index in [2.05, 4.69) is 13.8 Å². The van der Waals surface area contributed by atoms with E-state index in [1.807, 2.05) is 0 Å². The molecule has 1 aliphatic rings. The van der Waals surface area contributed by atoms with Crippen molar-refractivity contribution in [2.75, 3.05) is 0 Å². The third-order valence-electron chi connectivity index (χ3n) is 5.18. The van der Waals surface area contributed by atoms with Crippen LogP contribution in [-0.2, 0) is 19.1 Å². The van der Waals surface area contributed by atoms with E-state index in [-0.39, 0.29) is 24.1 Å². The molecule has 0 radical (unpaired) electrons. The predicted molar refractivity (Wildman–Crippen MR) is 105 cm³/mol. The number of esters is 2. The molecule has 0 heterocycles. The summed E-state index contributed by atoms with van der Waals surface area (Å²) in [7, 11) is 0. The van der Waals surface area contributed by atoms with Gasteiger partial charge in [0, 0.05) is 12.8 Å². The van der Waals surface area contributed by atoms with Crippen LogP contribution in [-0.4, -0.2) is 24.1 Å². The highest BCUT2D eigenvalue weighted by Gasteiger charge is 2.31. The molecule has 1 aliphatic carbocycles. The summed E-state index contributed by atoms with van der Waals surface area (Å²) in [6.07, 6.45) is 15.4. The Hall–Kier alpha value is -1.06. The summed E-state index contributed by atoms with van der Waals surface area (Å²) in [5.74, 6) is -0.261. The monoisotopic (exact) mass is 368 g/mol. The van der Waals surface area contributed by atoms with Gasteiger partial charge < -0.3 is 9.47 Å². The van der Waals surface area contributed by atoms with E-state index >= 15 is 0 Å². The van der Waals surface area contributed by atoms with Crippen LogP contribution in [0.5, 0.6) is 0 Å². The van der Waals surface area contributed by atoms with Gasteiger partial charge in [0.25, 0.3) is 0 Å². The van der Waals surface area contributed by atoms with Crippen molar-refractivity contribution in [1.29, 1.82) is 0 Å². The Balaban J connectivity index is 2.25. The molecule has 152 valence electrons. The van der Waals surface area contributed by atoms with Crippen molar-refractivity contribution >= 4 is 11.9 Å². The highest BCUT2D eigenvalue weighted by Crippen LogP contribution is 2.25. The summed E-state index contributed by atoms with van der Waals surface area (Å²) >= 11 is 0. The molecule has 0 aromatic heterocycles. The zero-order valence-electron chi connectivity index (χ0n) is 17.1. The number of hydrogen-bond acceptors (Lipinski definition) is 4. The molecule has 0 aromatic carbocycles. The predicted octanol–water partition coefficient (Wildman–Crippen LogP) is 6.11. The Labute approximate surface area is 160 Å². The number of carbonyl (C=O) groups is 2. The van der Waals surface area contributed by atoms with Crippen molar-refractivity contribution in [1.82, 2.24) is 0 Å². The summed E-state index contributed by atoms with van der Waals surface area (Å²) in [4.78, 5) is 24.2. The van der Waals surface area contributed by atoms with Gasteiger partial charge in [-0.1, -0.05) is 65.2 Å². The van der Waals surface area contributed by atoms with E-state index in [0.29, 0.717) is 12.8 Å². The van der Waals surface area contributed by atoms with Crippen LogP contribution in [0.25, 0.3) is 0 Å². The van der Waals surface area contributed by atoms with Gasteiger partial charge in [-0.25, -0.2) is 0 Å². The van der Waals surface area contributed by atoms with Crippen molar-refractivity contribution in [2.24, 2.45) is 0 Å². The average molecular weight is 369 g/mol. The molecule has 4 nitrogen and oxygen atoms in total. The number of ether oxygens (including phenoxy) is 2. The van der Waals surface area contributed by atoms with E-state index < -0.39 is 0 Å². The standard InChI is InChI=1S/C22H40O4/c1-3-5-7-9-11-17-21(23)25-19-15-13-14-16-20(19)26-22(24)18-12-10-8-6-4-2/h19-20H,3-18H2,1-2H3. The molecular formula is C22H40O4. The lowest BCUT2D eigenvalue weighted by Gasteiger charge is -2.30. The third-order valence-corrected chi connectivity index (χ3v) is 5.18. The van der Waals surface area contributed by atoms with Gasteiger partial charge in [0.15, 0.2) is 0 Å². The normalized spacial score (nSPS) is 19.9. The Bertz CT molecular complexity index is 344. The Morgan fingerprint density at radius 1 is 0.654 bits per heavy atom. The van der Waals surface area contributed by atoms with Crippen LogP contribution in [0.15, 0.2) is 0 Å². The van der Waals surface area contributed by atoms with Crippen LogP contribution < -0.4 is 0 Å². The first-order valence-electron chi connectivity index (χ1n) is 11.1. The molecule has 0 spiro atoms. The molecular weight excluding hydrogens is 328 g/mol. The molecule has 0 aromatic rings. The first-order chi connectivity index (χ1) is 12.7. The maximum absolute atomic E-state index is 12.1. The van der Waals surface area contributed by atoms with Crippen LogP contribution >= 0.6 is 0 Å². The topological polar surface area (TPSA) is 52.6 Å². The summed E-state index contributed by atoms with van der Waals surface area (Å²) in [5.41, 5.74) is 0. The van der Waals surface area contributed by atoms with E-state index in [9.17, 15) is 9.59 Å². The van der Waals surface area contributed by atoms with Crippen molar-refractivity contribution in [3.05, 3.63) is 0 Å². The number of carbonyl (C=O) groups excluding carboxylic acids is 2. The second-order valence-electron chi connectivity index (χ2n) is 7.67. The fourth-order valence-electron chi connectivity index (χ4n) is 3.53. The number of rotatable bonds is 14. The van der Waals surface area contributed by atoms with Crippen molar-refractivity contribution in [2.45, 2.75) is 129 Å². The minimum absolute atomic E-state index is 0.131. The fourth-order valence-corrected chi connectivity index (χ4v) is 3.53. The minimum atomic E-state index is -0.240. The van der Waals surface area contributed by atoms with Gasteiger partial charge in [-0.05, 0) is 38.5 Å². The Morgan fingerprint density at radius 3 is 1.42 bits per heavy atom. The van der Waals surface area contributed by atoms with Gasteiger partial charge in [0.05, 0.1) is 0 Å². The largest absolute Gasteiger partial charge is 0.458 e. The molecule has 2 atom stereocenters. The zero-order valence-corrected chi connectivity index (χ0v) is 17.1. The Kier molecular flexibility index (Phi) is 13.3. The van der Waals surface area contributed by atoms with E-state index in [0.717, 1.165) is 51.4 Å². The average Bonchev–Trinajstić information content (AvgIpc) is 2.63. The second-order valence-corrected chi connectivity index (χ2v) is 7.67. The van der Waals surface area contributed by atoms with Gasteiger partial charge in [-0.3, -0.25) is 9.59 Å². The molecule has 0 N–H and O–H groups in total. The lowest BCUT2D eigenvalue weighted by Crippen LogP contribution is -2.37. The molecule has 0 amide bonds. The van der Waals surface area contributed by atoms with Crippen LogP contribution in [0.1, 0.15) is 117 Å². The van der Waals surface area contributed by atoms with E-state index in [1.54, 1.807) is 0 Å².